The number of ketones is 2. The highest BCUT2D eigenvalue weighted by Gasteiger charge is 2.48. The Bertz CT molecular complexity index is 1560. The number of hydrogen-bond donors (Lipinski definition) is 1. The molecule has 7 nitrogen and oxygen atoms in total. The van der Waals surface area contributed by atoms with E-state index in [9.17, 15) is 14.4 Å². The van der Waals surface area contributed by atoms with E-state index in [0.717, 1.165) is 35.4 Å². The number of halogens is 1. The molecule has 8 heteroatoms. The van der Waals surface area contributed by atoms with E-state index < -0.39 is 5.92 Å². The van der Waals surface area contributed by atoms with E-state index in [1.807, 2.05) is 52.1 Å². The van der Waals surface area contributed by atoms with Gasteiger partial charge in [-0.1, -0.05) is 45.4 Å². The minimum atomic E-state index is -0.553. The quantitative estimate of drug-likeness (QED) is 0.342. The minimum absolute atomic E-state index is 0.0507. The van der Waals surface area contributed by atoms with E-state index in [1.54, 1.807) is 6.07 Å². The smallest absolute Gasteiger partial charge is 0.262 e. The summed E-state index contributed by atoms with van der Waals surface area (Å²) in [6.45, 7) is 14.4. The molecule has 1 amide bonds. The van der Waals surface area contributed by atoms with Crippen molar-refractivity contribution >= 4 is 34.8 Å². The van der Waals surface area contributed by atoms with Crippen LogP contribution in [0.2, 0.25) is 5.02 Å². The van der Waals surface area contributed by atoms with Gasteiger partial charge in [0.15, 0.2) is 29.7 Å². The Morgan fingerprint density at radius 1 is 0.909 bits per heavy atom. The van der Waals surface area contributed by atoms with Crippen molar-refractivity contribution in [3.05, 3.63) is 74.6 Å². The molecule has 2 aromatic carbocycles. The highest BCUT2D eigenvalue weighted by Crippen LogP contribution is 2.55. The first-order valence-electron chi connectivity index (χ1n) is 15.3. The highest BCUT2D eigenvalue weighted by atomic mass is 35.5. The second-order valence-electron chi connectivity index (χ2n) is 14.0. The molecule has 0 bridgehead atoms. The average Bonchev–Trinajstić information content (AvgIpc) is 2.90. The number of Topliss-reactive ketones (excluding diaryl/α,β-unsaturated/α-hetero) is 2. The lowest BCUT2D eigenvalue weighted by Gasteiger charge is -2.48. The van der Waals surface area contributed by atoms with Crippen LogP contribution < -0.4 is 14.8 Å². The Morgan fingerprint density at radius 3 is 2.05 bits per heavy atom. The third-order valence-electron chi connectivity index (χ3n) is 8.98. The molecule has 1 N–H and O–H groups in total. The number of carbonyl (C=O) groups is 3. The predicted octanol–water partition coefficient (Wildman–Crippen LogP) is 7.69. The summed E-state index contributed by atoms with van der Waals surface area (Å²) >= 11 is 6.86. The van der Waals surface area contributed by atoms with Gasteiger partial charge in [-0.15, -0.1) is 0 Å². The summed E-state index contributed by atoms with van der Waals surface area (Å²) in [5.41, 5.74) is 6.50. The Hall–Kier alpha value is -3.58. The number of ether oxygens (including phenoxy) is 2. The molecule has 1 heterocycles. The van der Waals surface area contributed by atoms with Crippen LogP contribution in [-0.4, -0.2) is 42.6 Å². The number of aryl methyl sites for hydroxylation is 2. The number of carbonyl (C=O) groups excluding carboxylic acids is 3. The topological polar surface area (TPSA) is 84.9 Å². The first-order valence-corrected chi connectivity index (χ1v) is 15.7. The van der Waals surface area contributed by atoms with Crippen LogP contribution in [0.4, 0.5) is 5.69 Å². The molecule has 0 unspecified atom stereocenters. The molecule has 0 atom stereocenters. The minimum Gasteiger partial charge on any atom is -0.490 e. The molecule has 234 valence electrons. The highest BCUT2D eigenvalue weighted by molar-refractivity contribution is 6.32. The fourth-order valence-corrected chi connectivity index (χ4v) is 7.08. The molecule has 44 heavy (non-hydrogen) atoms. The number of hydrogen-bond acceptors (Lipinski definition) is 6. The van der Waals surface area contributed by atoms with Crippen LogP contribution in [0.1, 0.15) is 82.9 Å². The van der Waals surface area contributed by atoms with Crippen LogP contribution in [-0.2, 0) is 14.4 Å². The maximum Gasteiger partial charge on any atom is 0.262 e. The van der Waals surface area contributed by atoms with E-state index >= 15 is 0 Å². The van der Waals surface area contributed by atoms with Crippen LogP contribution in [0, 0.1) is 24.7 Å². The van der Waals surface area contributed by atoms with Gasteiger partial charge in [0.25, 0.3) is 5.91 Å². The van der Waals surface area contributed by atoms with E-state index in [-0.39, 0.29) is 45.7 Å². The number of nitrogens with zero attached hydrogens (tertiary/aromatic N) is 1. The fraction of sp³-hybridized carbons (Fsp3) is 0.472. The first-order chi connectivity index (χ1) is 20.6. The summed E-state index contributed by atoms with van der Waals surface area (Å²) in [6, 6.07) is 9.29. The molecule has 1 aliphatic heterocycles. The third kappa shape index (κ3) is 6.16. The zero-order valence-electron chi connectivity index (χ0n) is 27.1. The Morgan fingerprint density at radius 2 is 1.50 bits per heavy atom. The van der Waals surface area contributed by atoms with Crippen LogP contribution in [0.15, 0.2) is 52.9 Å². The molecule has 5 rings (SSSR count). The lowest BCUT2D eigenvalue weighted by Crippen LogP contribution is -2.43. The van der Waals surface area contributed by atoms with Gasteiger partial charge in [-0.2, -0.15) is 0 Å². The van der Waals surface area contributed by atoms with Crippen LogP contribution >= 0.6 is 11.6 Å². The standard InChI is InChI=1S/C36H43ClN2O5/c1-9-43-29-14-22(13-24(37)34(29)44-19-30(42)38-23-11-10-20(2)21(3)12-23)31-32-25(15-35(4,5)17-27(32)40)39(8)26-16-36(6,7)18-28(41)33(26)31/h10-14,31H,9,15-19H2,1-8H3,(H,38,42). The third-order valence-corrected chi connectivity index (χ3v) is 9.26. The number of benzene rings is 2. The Balaban J connectivity index is 1.53. The number of allylic oxidation sites excluding steroid dienone is 4. The molecule has 0 aromatic heterocycles. The average molecular weight is 619 g/mol. The van der Waals surface area contributed by atoms with Crippen LogP contribution in [0.3, 0.4) is 0 Å². The Kier molecular flexibility index (Phi) is 8.49. The van der Waals surface area contributed by atoms with Crippen molar-refractivity contribution in [1.82, 2.24) is 4.90 Å². The number of nitrogens with one attached hydrogen (secondary N) is 1. The monoisotopic (exact) mass is 618 g/mol. The summed E-state index contributed by atoms with van der Waals surface area (Å²) in [4.78, 5) is 42.6. The van der Waals surface area contributed by atoms with E-state index in [0.29, 0.717) is 47.6 Å². The summed E-state index contributed by atoms with van der Waals surface area (Å²) in [5, 5.41) is 3.11. The van der Waals surface area contributed by atoms with Crippen molar-refractivity contribution in [2.75, 3.05) is 25.6 Å². The van der Waals surface area contributed by atoms with Crippen LogP contribution in [0.5, 0.6) is 11.5 Å². The molecular formula is C36H43ClN2O5. The van der Waals surface area contributed by atoms with Crippen molar-refractivity contribution in [3.63, 3.8) is 0 Å². The van der Waals surface area contributed by atoms with Gasteiger partial charge in [0.1, 0.15) is 0 Å². The molecule has 0 fully saturated rings. The van der Waals surface area contributed by atoms with E-state index in [4.69, 9.17) is 21.1 Å². The van der Waals surface area contributed by atoms with Crippen molar-refractivity contribution in [2.24, 2.45) is 10.8 Å². The second-order valence-corrected chi connectivity index (χ2v) is 14.4. The summed E-state index contributed by atoms with van der Waals surface area (Å²) < 4.78 is 11.9. The van der Waals surface area contributed by atoms with Gasteiger partial charge >= 0.3 is 0 Å². The molecule has 0 spiro atoms. The van der Waals surface area contributed by atoms with Crippen molar-refractivity contribution in [2.45, 2.75) is 80.1 Å². The van der Waals surface area contributed by atoms with Crippen molar-refractivity contribution < 1.29 is 23.9 Å². The molecule has 2 aromatic rings. The largest absolute Gasteiger partial charge is 0.490 e. The zero-order chi connectivity index (χ0) is 32.1. The molecule has 3 aliphatic rings. The van der Waals surface area contributed by atoms with Gasteiger partial charge in [0.05, 0.1) is 11.6 Å². The summed E-state index contributed by atoms with van der Waals surface area (Å²) in [5.74, 6) is -0.173. The zero-order valence-corrected chi connectivity index (χ0v) is 27.8. The number of amides is 1. The van der Waals surface area contributed by atoms with Gasteiger partial charge in [0.2, 0.25) is 0 Å². The lowest BCUT2D eigenvalue weighted by molar-refractivity contribution is -0.120. The molecule has 0 saturated carbocycles. The van der Waals surface area contributed by atoms with Gasteiger partial charge in [-0.25, -0.2) is 0 Å². The lowest BCUT2D eigenvalue weighted by atomic mass is 9.63. The molecule has 0 radical (unpaired) electrons. The van der Waals surface area contributed by atoms with Crippen LogP contribution in [0.25, 0.3) is 0 Å². The van der Waals surface area contributed by atoms with Gasteiger partial charge in [-0.05, 0) is 85.4 Å². The number of rotatable bonds is 7. The van der Waals surface area contributed by atoms with Gasteiger partial charge < -0.3 is 19.7 Å². The fourth-order valence-electron chi connectivity index (χ4n) is 6.81. The molecule has 2 aliphatic carbocycles. The SMILES string of the molecule is CCOc1cc(C2C3=C(CC(C)(C)CC3=O)N(C)C3=C2C(=O)CC(C)(C)C3)cc(Cl)c1OCC(=O)Nc1ccc(C)c(C)c1. The van der Waals surface area contributed by atoms with Gasteiger partial charge in [0, 0.05) is 54.0 Å². The Labute approximate surface area is 265 Å². The first kappa shape index (κ1) is 31.8. The summed E-state index contributed by atoms with van der Waals surface area (Å²) in [6.07, 6.45) is 2.27. The van der Waals surface area contributed by atoms with Crippen molar-refractivity contribution in [3.8, 4) is 11.5 Å². The maximum atomic E-state index is 13.9. The molecule has 0 saturated heterocycles. The molecular weight excluding hydrogens is 576 g/mol. The maximum absolute atomic E-state index is 13.9. The van der Waals surface area contributed by atoms with E-state index in [2.05, 4.69) is 37.9 Å². The summed E-state index contributed by atoms with van der Waals surface area (Å²) in [7, 11) is 1.99. The van der Waals surface area contributed by atoms with Gasteiger partial charge in [-0.3, -0.25) is 14.4 Å². The number of anilines is 1. The predicted molar refractivity (Wildman–Crippen MR) is 173 cm³/mol. The second kappa shape index (κ2) is 11.7. The normalized spacial score (nSPS) is 19.5. The van der Waals surface area contributed by atoms with E-state index in [1.165, 1.54) is 0 Å². The van der Waals surface area contributed by atoms with Crippen molar-refractivity contribution in [1.29, 1.82) is 0 Å².